The highest BCUT2D eigenvalue weighted by Crippen LogP contribution is 2.30. The molecule has 31 heavy (non-hydrogen) atoms. The van der Waals surface area contributed by atoms with E-state index in [2.05, 4.69) is 27.9 Å². The summed E-state index contributed by atoms with van der Waals surface area (Å²) in [6, 6.07) is 5.05. The number of amides is 3. The maximum absolute atomic E-state index is 13.1. The number of terminal acetylenes is 1. The third-order valence-electron chi connectivity index (χ3n) is 5.94. The van der Waals surface area contributed by atoms with Gasteiger partial charge in [0.05, 0.1) is 18.6 Å². The van der Waals surface area contributed by atoms with Crippen molar-refractivity contribution in [3.63, 3.8) is 0 Å². The van der Waals surface area contributed by atoms with Crippen LogP contribution in [0.2, 0.25) is 0 Å². The monoisotopic (exact) mass is 424 g/mol. The van der Waals surface area contributed by atoms with E-state index in [1.54, 1.807) is 14.0 Å². The van der Waals surface area contributed by atoms with E-state index < -0.39 is 29.9 Å². The standard InChI is InChI=1S/C23H28N4O4/c1-4-18(25-21(29)14(2)24-3)23(31)27-13-16(28)12-20(27)22(30)26-19-11-7-9-15-8-5-6-10-17(15)19/h1,5-6,8,10,14,18-20,24H,7,9,11-13H2,2-3H3,(H,25,29)(H,26,30)/t14-,18-,19+,20-/m0/s1. The number of likely N-dealkylation sites (tertiary alicyclic amines) is 1. The molecule has 0 unspecified atom stereocenters. The fraction of sp³-hybridized carbons (Fsp3) is 0.478. The summed E-state index contributed by atoms with van der Waals surface area (Å²) in [6.45, 7) is 1.43. The SMILES string of the molecule is C#C[C@H](NC(=O)[C@H](C)NC)C(=O)N1CC(=O)C[C@H]1C(=O)N[C@@H]1CCCc2ccccc21. The van der Waals surface area contributed by atoms with Crippen LogP contribution in [-0.4, -0.2) is 60.1 Å². The van der Waals surface area contributed by atoms with Crippen molar-refractivity contribution in [2.75, 3.05) is 13.6 Å². The Hall–Kier alpha value is -3.18. The van der Waals surface area contributed by atoms with Gasteiger partial charge in [0.15, 0.2) is 11.8 Å². The van der Waals surface area contributed by atoms with Gasteiger partial charge in [-0.3, -0.25) is 19.2 Å². The maximum Gasteiger partial charge on any atom is 0.258 e. The van der Waals surface area contributed by atoms with Crippen molar-refractivity contribution in [1.29, 1.82) is 0 Å². The summed E-state index contributed by atoms with van der Waals surface area (Å²) in [5.74, 6) is 0.590. The Morgan fingerprint density at radius 1 is 1.26 bits per heavy atom. The molecule has 3 N–H and O–H groups in total. The average molecular weight is 425 g/mol. The van der Waals surface area contributed by atoms with E-state index in [1.807, 2.05) is 18.2 Å². The zero-order valence-electron chi connectivity index (χ0n) is 17.8. The van der Waals surface area contributed by atoms with E-state index in [0.29, 0.717) is 0 Å². The first-order valence-corrected chi connectivity index (χ1v) is 10.5. The third kappa shape index (κ3) is 4.94. The number of nitrogens with zero attached hydrogens (tertiary/aromatic N) is 1. The van der Waals surface area contributed by atoms with Gasteiger partial charge in [-0.05, 0) is 44.4 Å². The smallest absolute Gasteiger partial charge is 0.258 e. The summed E-state index contributed by atoms with van der Waals surface area (Å²) in [6.07, 6.45) is 8.11. The number of carbonyl (C=O) groups is 4. The van der Waals surface area contributed by atoms with Crippen LogP contribution in [0.25, 0.3) is 0 Å². The van der Waals surface area contributed by atoms with E-state index in [0.717, 1.165) is 24.8 Å². The molecule has 1 saturated heterocycles. The summed E-state index contributed by atoms with van der Waals surface area (Å²) < 4.78 is 0. The summed E-state index contributed by atoms with van der Waals surface area (Å²) in [5.41, 5.74) is 2.27. The molecule has 8 nitrogen and oxygen atoms in total. The number of carbonyl (C=O) groups excluding carboxylic acids is 4. The largest absolute Gasteiger partial charge is 0.347 e. The van der Waals surface area contributed by atoms with Crippen molar-refractivity contribution < 1.29 is 19.2 Å². The van der Waals surface area contributed by atoms with E-state index in [-0.39, 0.29) is 30.7 Å². The minimum absolute atomic E-state index is 0.0654. The Kier molecular flexibility index (Phi) is 7.08. The van der Waals surface area contributed by atoms with Gasteiger partial charge in [0, 0.05) is 6.42 Å². The molecule has 1 aliphatic carbocycles. The van der Waals surface area contributed by atoms with Crippen molar-refractivity contribution >= 4 is 23.5 Å². The van der Waals surface area contributed by atoms with Crippen LogP contribution in [-0.2, 0) is 25.6 Å². The van der Waals surface area contributed by atoms with E-state index in [1.165, 1.54) is 10.5 Å². The molecular formula is C23H28N4O4. The third-order valence-corrected chi connectivity index (χ3v) is 5.94. The zero-order chi connectivity index (χ0) is 22.5. The molecule has 0 radical (unpaired) electrons. The lowest BCUT2D eigenvalue weighted by atomic mass is 9.87. The fourth-order valence-electron chi connectivity index (χ4n) is 4.07. The van der Waals surface area contributed by atoms with Gasteiger partial charge in [0.25, 0.3) is 5.91 Å². The number of likely N-dealkylation sites (N-methyl/N-ethyl adjacent to an activating group) is 1. The van der Waals surface area contributed by atoms with Crippen molar-refractivity contribution in [2.24, 2.45) is 0 Å². The molecule has 2 aliphatic rings. The number of rotatable bonds is 6. The molecule has 1 heterocycles. The van der Waals surface area contributed by atoms with Crippen LogP contribution in [0.5, 0.6) is 0 Å². The zero-order valence-corrected chi connectivity index (χ0v) is 17.8. The Bertz CT molecular complexity index is 922. The Morgan fingerprint density at radius 2 is 2.00 bits per heavy atom. The Morgan fingerprint density at radius 3 is 2.71 bits per heavy atom. The van der Waals surface area contributed by atoms with Gasteiger partial charge >= 0.3 is 0 Å². The number of Topliss-reactive ketones (excluding diaryl/α,β-unsaturated/α-hetero) is 1. The van der Waals surface area contributed by atoms with Crippen LogP contribution in [0, 0.1) is 12.3 Å². The molecule has 0 bridgehead atoms. The molecule has 0 aromatic heterocycles. The molecule has 4 atom stereocenters. The maximum atomic E-state index is 13.1. The minimum Gasteiger partial charge on any atom is -0.347 e. The highest BCUT2D eigenvalue weighted by molar-refractivity contribution is 6.01. The summed E-state index contributed by atoms with van der Waals surface area (Å²) in [7, 11) is 1.61. The number of hydrogen-bond donors (Lipinski definition) is 3. The van der Waals surface area contributed by atoms with E-state index >= 15 is 0 Å². The second kappa shape index (κ2) is 9.75. The number of aryl methyl sites for hydroxylation is 1. The van der Waals surface area contributed by atoms with Gasteiger partial charge in [-0.2, -0.15) is 0 Å². The summed E-state index contributed by atoms with van der Waals surface area (Å²) in [4.78, 5) is 51.5. The summed E-state index contributed by atoms with van der Waals surface area (Å²) >= 11 is 0. The van der Waals surface area contributed by atoms with Crippen LogP contribution >= 0.6 is 0 Å². The van der Waals surface area contributed by atoms with Crippen molar-refractivity contribution in [3.8, 4) is 12.3 Å². The second-order valence-corrected chi connectivity index (χ2v) is 8.00. The molecule has 1 aromatic rings. The lowest BCUT2D eigenvalue weighted by Crippen LogP contribution is -2.55. The lowest BCUT2D eigenvalue weighted by Gasteiger charge is -2.30. The molecule has 1 fully saturated rings. The van der Waals surface area contributed by atoms with Crippen LogP contribution in [0.4, 0.5) is 0 Å². The van der Waals surface area contributed by atoms with E-state index in [9.17, 15) is 19.2 Å². The first-order chi connectivity index (χ1) is 14.8. The molecule has 1 aromatic carbocycles. The topological polar surface area (TPSA) is 108 Å². The summed E-state index contributed by atoms with van der Waals surface area (Å²) in [5, 5.41) is 8.27. The Balaban J connectivity index is 1.72. The molecule has 3 amide bonds. The van der Waals surface area contributed by atoms with Gasteiger partial charge in [0.2, 0.25) is 11.8 Å². The lowest BCUT2D eigenvalue weighted by molar-refractivity contribution is -0.140. The van der Waals surface area contributed by atoms with Gasteiger partial charge in [0.1, 0.15) is 6.04 Å². The predicted octanol–water partition coefficient (Wildman–Crippen LogP) is 0.0761. The molecule has 164 valence electrons. The fourth-order valence-corrected chi connectivity index (χ4v) is 4.07. The number of fused-ring (bicyclic) bond motifs is 1. The first-order valence-electron chi connectivity index (χ1n) is 10.5. The molecule has 0 saturated carbocycles. The van der Waals surface area contributed by atoms with Crippen molar-refractivity contribution in [3.05, 3.63) is 35.4 Å². The molecule has 3 rings (SSSR count). The minimum atomic E-state index is -1.25. The van der Waals surface area contributed by atoms with Crippen LogP contribution in [0.15, 0.2) is 24.3 Å². The number of benzene rings is 1. The quantitative estimate of drug-likeness (QED) is 0.561. The highest BCUT2D eigenvalue weighted by Gasteiger charge is 2.42. The molecule has 1 aliphatic heterocycles. The van der Waals surface area contributed by atoms with Crippen LogP contribution < -0.4 is 16.0 Å². The van der Waals surface area contributed by atoms with Gasteiger partial charge in [-0.1, -0.05) is 30.2 Å². The van der Waals surface area contributed by atoms with Gasteiger partial charge in [-0.25, -0.2) is 0 Å². The molecular weight excluding hydrogens is 396 g/mol. The van der Waals surface area contributed by atoms with Crippen molar-refractivity contribution in [1.82, 2.24) is 20.9 Å². The molecule has 8 heteroatoms. The second-order valence-electron chi connectivity index (χ2n) is 8.00. The average Bonchev–Trinajstić information content (AvgIpc) is 3.18. The van der Waals surface area contributed by atoms with Crippen LogP contribution in [0.3, 0.4) is 0 Å². The number of nitrogens with one attached hydrogen (secondary N) is 3. The first kappa shape index (κ1) is 22.5. The van der Waals surface area contributed by atoms with Crippen molar-refractivity contribution in [2.45, 2.75) is 56.8 Å². The van der Waals surface area contributed by atoms with Crippen LogP contribution in [0.1, 0.15) is 43.4 Å². The number of ketones is 1. The number of hydrogen-bond acceptors (Lipinski definition) is 5. The Labute approximate surface area is 182 Å². The van der Waals surface area contributed by atoms with Gasteiger partial charge in [-0.15, -0.1) is 6.42 Å². The van der Waals surface area contributed by atoms with Gasteiger partial charge < -0.3 is 20.9 Å². The van der Waals surface area contributed by atoms with E-state index in [4.69, 9.17) is 6.42 Å². The highest BCUT2D eigenvalue weighted by atomic mass is 16.2. The molecule has 0 spiro atoms. The normalized spacial score (nSPS) is 22.1. The predicted molar refractivity (Wildman–Crippen MR) is 115 cm³/mol.